The van der Waals surface area contributed by atoms with Crippen LogP contribution in [0.5, 0.6) is 0 Å². The van der Waals surface area contributed by atoms with Gasteiger partial charge in [0.25, 0.3) is 5.91 Å². The molecule has 3 nitrogen and oxygen atoms in total. The Morgan fingerprint density at radius 1 is 1.33 bits per heavy atom. The predicted octanol–water partition coefficient (Wildman–Crippen LogP) is 2.53. The minimum absolute atomic E-state index is 0.289. The van der Waals surface area contributed by atoms with Gasteiger partial charge in [0.2, 0.25) is 0 Å². The molecule has 0 aliphatic heterocycles. The highest BCUT2D eigenvalue weighted by Gasteiger charge is 2.07. The summed E-state index contributed by atoms with van der Waals surface area (Å²) in [5.74, 6) is -0.621. The fourth-order valence-electron chi connectivity index (χ4n) is 1.05. The van der Waals surface area contributed by atoms with Crippen LogP contribution in [0.3, 0.4) is 0 Å². The Kier molecular flexibility index (Phi) is 2.73. The molecule has 76 valence electrons. The summed E-state index contributed by atoms with van der Waals surface area (Å²) in [5, 5.41) is 4.26. The molecular weight excluding hydrogens is 215 g/mol. The average Bonchev–Trinajstić information content (AvgIpc) is 2.74. The number of carbonyl (C=O) groups is 1. The summed E-state index contributed by atoms with van der Waals surface area (Å²) in [7, 11) is 0. The zero-order valence-electron chi connectivity index (χ0n) is 7.61. The van der Waals surface area contributed by atoms with Crippen LogP contribution in [0.25, 0.3) is 0 Å². The molecule has 0 unspecified atom stereocenters. The van der Waals surface area contributed by atoms with E-state index in [4.69, 9.17) is 0 Å². The van der Waals surface area contributed by atoms with Crippen LogP contribution in [0.15, 0.2) is 35.2 Å². The van der Waals surface area contributed by atoms with E-state index < -0.39 is 0 Å². The number of nitrogens with zero attached hydrogens (tertiary/aromatic N) is 1. The van der Waals surface area contributed by atoms with Gasteiger partial charge < -0.3 is 5.32 Å². The van der Waals surface area contributed by atoms with Gasteiger partial charge in [-0.05, 0) is 24.3 Å². The monoisotopic (exact) mass is 222 g/mol. The van der Waals surface area contributed by atoms with Crippen LogP contribution in [-0.2, 0) is 0 Å². The Morgan fingerprint density at radius 3 is 2.67 bits per heavy atom. The summed E-state index contributed by atoms with van der Waals surface area (Å²) < 4.78 is 12.6. The van der Waals surface area contributed by atoms with Crippen molar-refractivity contribution < 1.29 is 9.18 Å². The number of hydrogen-bond donors (Lipinski definition) is 1. The highest BCUT2D eigenvalue weighted by molar-refractivity contribution is 7.07. The molecular formula is C10H7FN2OS. The molecule has 1 aromatic carbocycles. The van der Waals surface area contributed by atoms with Crippen molar-refractivity contribution in [3.8, 4) is 0 Å². The van der Waals surface area contributed by atoms with Crippen molar-refractivity contribution in [2.24, 2.45) is 0 Å². The largest absolute Gasteiger partial charge is 0.321 e. The van der Waals surface area contributed by atoms with E-state index in [9.17, 15) is 9.18 Å². The van der Waals surface area contributed by atoms with Crippen molar-refractivity contribution in [3.63, 3.8) is 0 Å². The molecule has 5 heteroatoms. The number of halogens is 1. The molecule has 0 radical (unpaired) electrons. The van der Waals surface area contributed by atoms with Crippen LogP contribution < -0.4 is 5.32 Å². The van der Waals surface area contributed by atoms with Gasteiger partial charge in [0.1, 0.15) is 11.5 Å². The van der Waals surface area contributed by atoms with Gasteiger partial charge in [-0.2, -0.15) is 0 Å². The average molecular weight is 222 g/mol. The van der Waals surface area contributed by atoms with E-state index in [2.05, 4.69) is 10.3 Å². The zero-order valence-corrected chi connectivity index (χ0v) is 8.42. The number of thiazole rings is 1. The normalized spacial score (nSPS) is 9.93. The van der Waals surface area contributed by atoms with Crippen molar-refractivity contribution in [1.82, 2.24) is 4.98 Å². The van der Waals surface area contributed by atoms with Gasteiger partial charge in [-0.3, -0.25) is 4.79 Å². The summed E-state index contributed by atoms with van der Waals surface area (Å²) in [6.45, 7) is 0. The third-order valence-corrected chi connectivity index (χ3v) is 2.35. The fraction of sp³-hybridized carbons (Fsp3) is 0. The molecule has 1 aromatic heterocycles. The molecule has 0 bridgehead atoms. The number of hydrogen-bond acceptors (Lipinski definition) is 3. The van der Waals surface area contributed by atoms with Crippen LogP contribution in [-0.4, -0.2) is 10.9 Å². The number of amides is 1. The molecule has 1 amide bonds. The van der Waals surface area contributed by atoms with E-state index in [0.717, 1.165) is 0 Å². The second kappa shape index (κ2) is 4.18. The molecule has 1 N–H and O–H groups in total. The third kappa shape index (κ3) is 2.38. The summed E-state index contributed by atoms with van der Waals surface area (Å²) in [6.07, 6.45) is 0. The Balaban J connectivity index is 2.09. The van der Waals surface area contributed by atoms with Crippen molar-refractivity contribution in [3.05, 3.63) is 46.7 Å². The van der Waals surface area contributed by atoms with Gasteiger partial charge in [-0.15, -0.1) is 11.3 Å². The summed E-state index contributed by atoms with van der Waals surface area (Å²) in [5.41, 5.74) is 2.50. The minimum Gasteiger partial charge on any atom is -0.321 e. The lowest BCUT2D eigenvalue weighted by Gasteiger charge is -2.01. The van der Waals surface area contributed by atoms with Crippen LogP contribution in [0.2, 0.25) is 0 Å². The van der Waals surface area contributed by atoms with E-state index in [1.807, 2.05) is 0 Å². The van der Waals surface area contributed by atoms with Crippen molar-refractivity contribution >= 4 is 22.9 Å². The Labute approximate surface area is 89.6 Å². The predicted molar refractivity (Wildman–Crippen MR) is 56.5 cm³/mol. The SMILES string of the molecule is O=C(Nc1ccc(F)cc1)c1cscn1. The fourth-order valence-corrected chi connectivity index (χ4v) is 1.59. The number of anilines is 1. The van der Waals surface area contributed by atoms with Gasteiger partial charge in [0.05, 0.1) is 5.51 Å². The minimum atomic E-state index is -0.332. The summed E-state index contributed by atoms with van der Waals surface area (Å²) in [4.78, 5) is 15.4. The first-order valence-corrected chi connectivity index (χ1v) is 5.15. The van der Waals surface area contributed by atoms with Crippen LogP contribution in [0.1, 0.15) is 10.5 Å². The molecule has 0 aliphatic carbocycles. The molecule has 2 rings (SSSR count). The first-order chi connectivity index (χ1) is 7.25. The van der Waals surface area contributed by atoms with Crippen molar-refractivity contribution in [1.29, 1.82) is 0 Å². The molecule has 0 atom stereocenters. The molecule has 0 saturated heterocycles. The number of benzene rings is 1. The van der Waals surface area contributed by atoms with Crippen LogP contribution in [0, 0.1) is 5.82 Å². The van der Waals surface area contributed by atoms with E-state index >= 15 is 0 Å². The highest BCUT2D eigenvalue weighted by Crippen LogP contribution is 2.10. The topological polar surface area (TPSA) is 42.0 Å². The highest BCUT2D eigenvalue weighted by atomic mass is 32.1. The smallest absolute Gasteiger partial charge is 0.275 e. The molecule has 15 heavy (non-hydrogen) atoms. The summed E-state index contributed by atoms with van der Waals surface area (Å²) >= 11 is 1.35. The number of carbonyl (C=O) groups excluding carboxylic acids is 1. The first kappa shape index (κ1) is 9.79. The third-order valence-electron chi connectivity index (χ3n) is 1.77. The van der Waals surface area contributed by atoms with E-state index in [0.29, 0.717) is 11.4 Å². The molecule has 2 aromatic rings. The standard InChI is InChI=1S/C10H7FN2OS/c11-7-1-3-8(4-2-7)13-10(14)9-5-15-6-12-9/h1-6H,(H,13,14). The lowest BCUT2D eigenvalue weighted by molar-refractivity contribution is 0.102. The van der Waals surface area contributed by atoms with Gasteiger partial charge in [-0.1, -0.05) is 0 Å². The number of nitrogens with one attached hydrogen (secondary N) is 1. The van der Waals surface area contributed by atoms with Gasteiger partial charge in [0.15, 0.2) is 0 Å². The lowest BCUT2D eigenvalue weighted by atomic mass is 10.3. The van der Waals surface area contributed by atoms with Gasteiger partial charge in [0, 0.05) is 11.1 Å². The maximum Gasteiger partial charge on any atom is 0.275 e. The molecule has 0 spiro atoms. The maximum atomic E-state index is 12.6. The number of aromatic nitrogens is 1. The maximum absolute atomic E-state index is 12.6. The number of rotatable bonds is 2. The van der Waals surface area contributed by atoms with Crippen molar-refractivity contribution in [2.75, 3.05) is 5.32 Å². The first-order valence-electron chi connectivity index (χ1n) is 4.21. The zero-order chi connectivity index (χ0) is 10.7. The molecule has 0 saturated carbocycles. The lowest BCUT2D eigenvalue weighted by Crippen LogP contribution is -2.11. The Hall–Kier alpha value is -1.75. The van der Waals surface area contributed by atoms with Crippen LogP contribution in [0.4, 0.5) is 10.1 Å². The van der Waals surface area contributed by atoms with E-state index in [-0.39, 0.29) is 11.7 Å². The van der Waals surface area contributed by atoms with Gasteiger partial charge >= 0.3 is 0 Å². The van der Waals surface area contributed by atoms with E-state index in [1.54, 1.807) is 10.9 Å². The van der Waals surface area contributed by atoms with Crippen LogP contribution >= 0.6 is 11.3 Å². The molecule has 0 aliphatic rings. The Bertz CT molecular complexity index is 453. The quantitative estimate of drug-likeness (QED) is 0.848. The van der Waals surface area contributed by atoms with Gasteiger partial charge in [-0.25, -0.2) is 9.37 Å². The van der Waals surface area contributed by atoms with Crippen molar-refractivity contribution in [2.45, 2.75) is 0 Å². The molecule has 1 heterocycles. The second-order valence-corrected chi connectivity index (χ2v) is 3.55. The Morgan fingerprint density at radius 2 is 2.07 bits per heavy atom. The summed E-state index contributed by atoms with van der Waals surface area (Å²) in [6, 6.07) is 5.58. The second-order valence-electron chi connectivity index (χ2n) is 2.83. The van der Waals surface area contributed by atoms with E-state index in [1.165, 1.54) is 35.6 Å². The molecule has 0 fully saturated rings.